The second-order valence-corrected chi connectivity index (χ2v) is 4.40. The van der Waals surface area contributed by atoms with Crippen LogP contribution in [-0.4, -0.2) is 12.5 Å². The van der Waals surface area contributed by atoms with E-state index in [-0.39, 0.29) is 0 Å². The van der Waals surface area contributed by atoms with Gasteiger partial charge in [-0.1, -0.05) is 24.6 Å². The van der Waals surface area contributed by atoms with Crippen molar-refractivity contribution in [2.45, 2.75) is 31.1 Å². The Morgan fingerprint density at radius 2 is 2.21 bits per heavy atom. The molecule has 1 rings (SSSR count). The van der Waals surface area contributed by atoms with Gasteiger partial charge in [-0.15, -0.1) is 11.8 Å². The molecule has 1 aromatic rings. The lowest BCUT2D eigenvalue weighted by Crippen LogP contribution is -1.96. The van der Waals surface area contributed by atoms with Gasteiger partial charge < -0.3 is 4.79 Å². The molecular weight excluding hydrogens is 192 g/mol. The highest BCUT2D eigenvalue weighted by Gasteiger charge is 2.09. The summed E-state index contributed by atoms with van der Waals surface area (Å²) in [4.78, 5) is 11.7. The molecule has 0 aliphatic carbocycles. The zero-order valence-corrected chi connectivity index (χ0v) is 9.73. The molecule has 76 valence electrons. The molecule has 0 spiro atoms. The molecule has 0 fully saturated rings. The summed E-state index contributed by atoms with van der Waals surface area (Å²) in [6.07, 6.45) is 3.68. The van der Waals surface area contributed by atoms with Gasteiger partial charge in [0.25, 0.3) is 0 Å². The van der Waals surface area contributed by atoms with Crippen molar-refractivity contribution in [3.8, 4) is 0 Å². The van der Waals surface area contributed by atoms with Gasteiger partial charge in [-0.3, -0.25) is 0 Å². The third-order valence-electron chi connectivity index (χ3n) is 2.37. The van der Waals surface area contributed by atoms with E-state index in [2.05, 4.69) is 38.3 Å². The SMILES string of the molecule is CSc1cc(C)ccc1C(C)CC=O. The van der Waals surface area contributed by atoms with Gasteiger partial charge in [-0.2, -0.15) is 0 Å². The monoisotopic (exact) mass is 208 g/mol. The van der Waals surface area contributed by atoms with Gasteiger partial charge >= 0.3 is 0 Å². The number of thioether (sulfide) groups is 1. The first-order valence-electron chi connectivity index (χ1n) is 4.77. The normalized spacial score (nSPS) is 12.5. The number of aryl methyl sites for hydroxylation is 1. The van der Waals surface area contributed by atoms with E-state index in [0.717, 1.165) is 6.29 Å². The summed E-state index contributed by atoms with van der Waals surface area (Å²) in [5, 5.41) is 0. The number of carbonyl (C=O) groups excluding carboxylic acids is 1. The zero-order chi connectivity index (χ0) is 10.6. The molecule has 1 nitrogen and oxygen atoms in total. The van der Waals surface area contributed by atoms with Crippen LogP contribution in [0.5, 0.6) is 0 Å². The van der Waals surface area contributed by atoms with Crippen LogP contribution in [0.3, 0.4) is 0 Å². The smallest absolute Gasteiger partial charge is 0.120 e. The summed E-state index contributed by atoms with van der Waals surface area (Å²) in [5.41, 5.74) is 2.56. The van der Waals surface area contributed by atoms with Gasteiger partial charge in [0, 0.05) is 11.3 Å². The van der Waals surface area contributed by atoms with Crippen molar-refractivity contribution < 1.29 is 4.79 Å². The lowest BCUT2D eigenvalue weighted by atomic mass is 9.97. The van der Waals surface area contributed by atoms with E-state index in [9.17, 15) is 4.79 Å². The highest BCUT2D eigenvalue weighted by atomic mass is 32.2. The maximum Gasteiger partial charge on any atom is 0.120 e. The van der Waals surface area contributed by atoms with Crippen LogP contribution >= 0.6 is 11.8 Å². The number of hydrogen-bond acceptors (Lipinski definition) is 2. The van der Waals surface area contributed by atoms with Crippen molar-refractivity contribution in [1.29, 1.82) is 0 Å². The minimum absolute atomic E-state index is 0.329. The van der Waals surface area contributed by atoms with Crippen LogP contribution in [0.15, 0.2) is 23.1 Å². The minimum atomic E-state index is 0.329. The fourth-order valence-electron chi connectivity index (χ4n) is 1.50. The van der Waals surface area contributed by atoms with Gasteiger partial charge in [0.15, 0.2) is 0 Å². The van der Waals surface area contributed by atoms with Crippen molar-refractivity contribution in [1.82, 2.24) is 0 Å². The van der Waals surface area contributed by atoms with Crippen molar-refractivity contribution in [3.63, 3.8) is 0 Å². The first-order valence-corrected chi connectivity index (χ1v) is 5.99. The molecule has 0 radical (unpaired) electrons. The first kappa shape index (κ1) is 11.3. The molecule has 0 saturated carbocycles. The number of hydrogen-bond donors (Lipinski definition) is 0. The van der Waals surface area contributed by atoms with E-state index in [4.69, 9.17) is 0 Å². The predicted molar refractivity (Wildman–Crippen MR) is 62.1 cm³/mol. The molecule has 1 unspecified atom stereocenters. The second kappa shape index (κ2) is 5.20. The van der Waals surface area contributed by atoms with E-state index in [1.807, 2.05) is 0 Å². The van der Waals surface area contributed by atoms with Crippen LogP contribution in [0.1, 0.15) is 30.4 Å². The highest BCUT2D eigenvalue weighted by Crippen LogP contribution is 2.29. The fraction of sp³-hybridized carbons (Fsp3) is 0.417. The molecule has 0 aliphatic rings. The lowest BCUT2D eigenvalue weighted by Gasteiger charge is -2.13. The van der Waals surface area contributed by atoms with E-state index in [1.165, 1.54) is 16.0 Å². The summed E-state index contributed by atoms with van der Waals surface area (Å²) in [6.45, 7) is 4.19. The first-order chi connectivity index (χ1) is 6.69. The van der Waals surface area contributed by atoms with Gasteiger partial charge in [0.1, 0.15) is 6.29 Å². The van der Waals surface area contributed by atoms with E-state index < -0.39 is 0 Å². The Balaban J connectivity index is 3.00. The van der Waals surface area contributed by atoms with Crippen LogP contribution in [-0.2, 0) is 4.79 Å². The van der Waals surface area contributed by atoms with Crippen molar-refractivity contribution in [3.05, 3.63) is 29.3 Å². The minimum Gasteiger partial charge on any atom is -0.303 e. The molecule has 0 amide bonds. The third-order valence-corrected chi connectivity index (χ3v) is 3.16. The van der Waals surface area contributed by atoms with Crippen molar-refractivity contribution in [2.75, 3.05) is 6.26 Å². The summed E-state index contributed by atoms with van der Waals surface area (Å²) in [7, 11) is 0. The largest absolute Gasteiger partial charge is 0.303 e. The Kier molecular flexibility index (Phi) is 4.21. The topological polar surface area (TPSA) is 17.1 Å². The second-order valence-electron chi connectivity index (χ2n) is 3.55. The molecule has 1 aromatic carbocycles. The lowest BCUT2D eigenvalue weighted by molar-refractivity contribution is -0.108. The quantitative estimate of drug-likeness (QED) is 0.557. The Hall–Kier alpha value is -0.760. The summed E-state index contributed by atoms with van der Waals surface area (Å²) in [5.74, 6) is 0.329. The standard InChI is InChI=1S/C12H16OS/c1-9-4-5-11(10(2)6-7-13)12(8-9)14-3/h4-5,7-8,10H,6H2,1-3H3. The Bertz CT molecular complexity index is 320. The Morgan fingerprint density at radius 3 is 2.79 bits per heavy atom. The van der Waals surface area contributed by atoms with Crippen molar-refractivity contribution >= 4 is 18.0 Å². The van der Waals surface area contributed by atoms with Gasteiger partial charge in [0.2, 0.25) is 0 Å². The Morgan fingerprint density at radius 1 is 1.50 bits per heavy atom. The molecule has 0 saturated heterocycles. The fourth-order valence-corrected chi connectivity index (χ4v) is 2.31. The number of rotatable bonds is 4. The van der Waals surface area contributed by atoms with Crippen LogP contribution in [0.2, 0.25) is 0 Å². The third kappa shape index (κ3) is 2.61. The van der Waals surface area contributed by atoms with E-state index in [0.29, 0.717) is 12.3 Å². The van der Waals surface area contributed by atoms with Crippen LogP contribution < -0.4 is 0 Å². The molecular formula is C12H16OS. The van der Waals surface area contributed by atoms with E-state index in [1.54, 1.807) is 11.8 Å². The summed E-state index contributed by atoms with van der Waals surface area (Å²) < 4.78 is 0. The average Bonchev–Trinajstić information content (AvgIpc) is 2.17. The van der Waals surface area contributed by atoms with Crippen LogP contribution in [0, 0.1) is 6.92 Å². The molecule has 0 N–H and O–H groups in total. The number of benzene rings is 1. The molecule has 14 heavy (non-hydrogen) atoms. The van der Waals surface area contributed by atoms with Crippen LogP contribution in [0.25, 0.3) is 0 Å². The molecule has 0 bridgehead atoms. The summed E-state index contributed by atoms with van der Waals surface area (Å²) in [6, 6.07) is 6.42. The predicted octanol–water partition coefficient (Wildman–Crippen LogP) is 3.41. The maximum absolute atomic E-state index is 10.4. The number of aldehydes is 1. The Labute approximate surface area is 89.9 Å². The summed E-state index contributed by atoms with van der Waals surface area (Å²) >= 11 is 1.75. The molecule has 0 heterocycles. The molecule has 0 aromatic heterocycles. The molecule has 0 aliphatic heterocycles. The van der Waals surface area contributed by atoms with Gasteiger partial charge in [0.05, 0.1) is 0 Å². The highest BCUT2D eigenvalue weighted by molar-refractivity contribution is 7.98. The molecule has 1 atom stereocenters. The maximum atomic E-state index is 10.4. The zero-order valence-electron chi connectivity index (χ0n) is 8.91. The van der Waals surface area contributed by atoms with Gasteiger partial charge in [-0.05, 0) is 30.7 Å². The van der Waals surface area contributed by atoms with Crippen LogP contribution in [0.4, 0.5) is 0 Å². The van der Waals surface area contributed by atoms with E-state index >= 15 is 0 Å². The van der Waals surface area contributed by atoms with Crippen molar-refractivity contribution in [2.24, 2.45) is 0 Å². The van der Waals surface area contributed by atoms with Gasteiger partial charge in [-0.25, -0.2) is 0 Å². The molecule has 2 heteroatoms. The number of carbonyl (C=O) groups is 1. The average molecular weight is 208 g/mol.